The van der Waals surface area contributed by atoms with E-state index in [1.54, 1.807) is 19.1 Å². The van der Waals surface area contributed by atoms with Crippen LogP contribution in [-0.4, -0.2) is 29.1 Å². The summed E-state index contributed by atoms with van der Waals surface area (Å²) in [5, 5.41) is 12.6. The molecular weight excluding hydrogens is 486 g/mol. The summed E-state index contributed by atoms with van der Waals surface area (Å²) in [5.74, 6) is 0.302. The molecule has 0 unspecified atom stereocenters. The van der Waals surface area contributed by atoms with Crippen LogP contribution in [0, 0.1) is 16.4 Å². The Kier molecular flexibility index (Phi) is 6.01. The Morgan fingerprint density at radius 1 is 1.29 bits per heavy atom. The van der Waals surface area contributed by atoms with E-state index in [0.717, 1.165) is 17.8 Å². The van der Waals surface area contributed by atoms with Crippen molar-refractivity contribution in [2.24, 2.45) is 5.92 Å². The van der Waals surface area contributed by atoms with Crippen LogP contribution in [0.4, 0.5) is 24.7 Å². The standard InChI is InChI=1S/C19H19F3IN3O2/c1-11-2-3-14(9-16(11)27)25-18(28)12-4-6-26(7-5-12)17-15(23)8-13(10-24-17)19(20,21)22/h2-3,8-10,12,27H,4-7H2,1H3,(H,25,28). The first-order valence-electron chi connectivity index (χ1n) is 8.73. The number of phenols is 1. The lowest BCUT2D eigenvalue weighted by molar-refractivity contribution is -0.137. The number of phenolic OH excluding ortho intramolecular Hbond substituents is 1. The molecular formula is C19H19F3IN3O2. The summed E-state index contributed by atoms with van der Waals surface area (Å²) in [5.41, 5.74) is 0.496. The Balaban J connectivity index is 1.61. The van der Waals surface area contributed by atoms with E-state index in [-0.39, 0.29) is 17.6 Å². The zero-order valence-corrected chi connectivity index (χ0v) is 17.2. The molecule has 1 amide bonds. The first kappa shape index (κ1) is 20.7. The first-order chi connectivity index (χ1) is 13.1. The molecule has 2 aromatic rings. The van der Waals surface area contributed by atoms with Crippen LogP contribution in [0.25, 0.3) is 0 Å². The topological polar surface area (TPSA) is 65.5 Å². The number of hydrogen-bond donors (Lipinski definition) is 2. The van der Waals surface area contributed by atoms with Crippen molar-refractivity contribution in [1.82, 2.24) is 4.98 Å². The molecule has 0 aliphatic carbocycles. The molecule has 1 saturated heterocycles. The number of aromatic hydroxyl groups is 1. The third kappa shape index (κ3) is 4.68. The number of amides is 1. The highest BCUT2D eigenvalue weighted by atomic mass is 127. The van der Waals surface area contributed by atoms with Gasteiger partial charge in [-0.15, -0.1) is 0 Å². The molecule has 0 atom stereocenters. The Morgan fingerprint density at radius 2 is 1.96 bits per heavy atom. The molecule has 1 aliphatic heterocycles. The van der Waals surface area contributed by atoms with Crippen molar-refractivity contribution in [2.45, 2.75) is 25.9 Å². The maximum Gasteiger partial charge on any atom is 0.417 e. The molecule has 1 aliphatic rings. The number of nitrogens with one attached hydrogen (secondary N) is 1. The highest BCUT2D eigenvalue weighted by Gasteiger charge is 2.32. The lowest BCUT2D eigenvalue weighted by Gasteiger charge is -2.32. The molecule has 150 valence electrons. The van der Waals surface area contributed by atoms with Crippen LogP contribution in [-0.2, 0) is 11.0 Å². The molecule has 5 nitrogen and oxygen atoms in total. The quantitative estimate of drug-likeness (QED) is 0.600. The number of aromatic nitrogens is 1. The van der Waals surface area contributed by atoms with Gasteiger partial charge in [0.2, 0.25) is 5.91 Å². The number of pyridine rings is 1. The average molecular weight is 505 g/mol. The largest absolute Gasteiger partial charge is 0.508 e. The van der Waals surface area contributed by atoms with E-state index in [1.807, 2.05) is 27.5 Å². The van der Waals surface area contributed by atoms with Gasteiger partial charge in [-0.3, -0.25) is 4.79 Å². The summed E-state index contributed by atoms with van der Waals surface area (Å²) in [6.45, 7) is 2.84. The fourth-order valence-electron chi connectivity index (χ4n) is 3.10. The second-order valence-electron chi connectivity index (χ2n) is 6.78. The summed E-state index contributed by atoms with van der Waals surface area (Å²) >= 11 is 1.86. The van der Waals surface area contributed by atoms with Gasteiger partial charge in [0.25, 0.3) is 0 Å². The number of benzene rings is 1. The fraction of sp³-hybridized carbons (Fsp3) is 0.368. The third-order valence-electron chi connectivity index (χ3n) is 4.79. The summed E-state index contributed by atoms with van der Waals surface area (Å²) in [6, 6.07) is 6.06. The summed E-state index contributed by atoms with van der Waals surface area (Å²) in [7, 11) is 0. The highest BCUT2D eigenvalue weighted by Crippen LogP contribution is 2.33. The monoisotopic (exact) mass is 505 g/mol. The minimum Gasteiger partial charge on any atom is -0.508 e. The SMILES string of the molecule is Cc1ccc(NC(=O)C2CCN(c3ncc(C(F)(F)F)cc3I)CC2)cc1O. The van der Waals surface area contributed by atoms with Gasteiger partial charge in [-0.05, 0) is 60.1 Å². The molecule has 0 bridgehead atoms. The summed E-state index contributed by atoms with van der Waals surface area (Å²) in [4.78, 5) is 18.4. The van der Waals surface area contributed by atoms with E-state index in [2.05, 4.69) is 10.3 Å². The Hall–Kier alpha value is -2.04. The molecule has 0 saturated carbocycles. The van der Waals surface area contributed by atoms with Crippen LogP contribution in [0.15, 0.2) is 30.5 Å². The van der Waals surface area contributed by atoms with Crippen LogP contribution >= 0.6 is 22.6 Å². The van der Waals surface area contributed by atoms with E-state index in [1.165, 1.54) is 6.07 Å². The molecule has 1 fully saturated rings. The number of carbonyl (C=O) groups excluding carboxylic acids is 1. The molecule has 9 heteroatoms. The van der Waals surface area contributed by atoms with Crippen molar-refractivity contribution >= 4 is 40.0 Å². The van der Waals surface area contributed by atoms with Crippen LogP contribution in [0.2, 0.25) is 0 Å². The van der Waals surface area contributed by atoms with Crippen molar-refractivity contribution in [3.05, 3.63) is 45.2 Å². The minimum atomic E-state index is -4.42. The molecule has 0 radical (unpaired) electrons. The maximum absolute atomic E-state index is 12.8. The zero-order valence-electron chi connectivity index (χ0n) is 15.1. The Labute approximate surface area is 174 Å². The van der Waals surface area contributed by atoms with Gasteiger partial charge < -0.3 is 15.3 Å². The molecule has 28 heavy (non-hydrogen) atoms. The predicted molar refractivity (Wildman–Crippen MR) is 108 cm³/mol. The number of aryl methyl sites for hydroxylation is 1. The van der Waals surface area contributed by atoms with Crippen molar-refractivity contribution < 1.29 is 23.1 Å². The lowest BCUT2D eigenvalue weighted by atomic mass is 9.95. The number of alkyl halides is 3. The molecule has 1 aromatic heterocycles. The second-order valence-corrected chi connectivity index (χ2v) is 7.94. The smallest absolute Gasteiger partial charge is 0.417 e. The molecule has 1 aromatic carbocycles. The average Bonchev–Trinajstić information content (AvgIpc) is 2.64. The van der Waals surface area contributed by atoms with E-state index in [9.17, 15) is 23.1 Å². The fourth-order valence-corrected chi connectivity index (χ4v) is 3.92. The van der Waals surface area contributed by atoms with E-state index in [4.69, 9.17) is 0 Å². The van der Waals surface area contributed by atoms with Gasteiger partial charge >= 0.3 is 6.18 Å². The van der Waals surface area contributed by atoms with E-state index in [0.29, 0.717) is 41.0 Å². The molecule has 2 heterocycles. The van der Waals surface area contributed by atoms with Gasteiger partial charge in [0.1, 0.15) is 11.6 Å². The van der Waals surface area contributed by atoms with E-state index < -0.39 is 11.7 Å². The molecule has 0 spiro atoms. The third-order valence-corrected chi connectivity index (χ3v) is 5.58. The second kappa shape index (κ2) is 8.14. The van der Waals surface area contributed by atoms with Crippen molar-refractivity contribution in [3.63, 3.8) is 0 Å². The minimum absolute atomic E-state index is 0.121. The van der Waals surface area contributed by atoms with Crippen molar-refractivity contribution in [2.75, 3.05) is 23.3 Å². The number of nitrogens with zero attached hydrogens (tertiary/aromatic N) is 2. The molecule has 2 N–H and O–H groups in total. The van der Waals surface area contributed by atoms with Gasteiger partial charge in [-0.1, -0.05) is 6.07 Å². The van der Waals surface area contributed by atoms with Crippen molar-refractivity contribution in [3.8, 4) is 5.75 Å². The van der Waals surface area contributed by atoms with Crippen molar-refractivity contribution in [1.29, 1.82) is 0 Å². The Morgan fingerprint density at radius 3 is 2.54 bits per heavy atom. The van der Waals surface area contributed by atoms with E-state index >= 15 is 0 Å². The van der Waals surface area contributed by atoms with Gasteiger partial charge in [-0.25, -0.2) is 4.98 Å². The number of anilines is 2. The zero-order chi connectivity index (χ0) is 20.5. The van der Waals surface area contributed by atoms with Crippen LogP contribution in [0.5, 0.6) is 5.75 Å². The lowest BCUT2D eigenvalue weighted by Crippen LogP contribution is -2.39. The highest BCUT2D eigenvalue weighted by molar-refractivity contribution is 14.1. The van der Waals surface area contributed by atoms with Gasteiger partial charge in [0.15, 0.2) is 0 Å². The number of hydrogen-bond acceptors (Lipinski definition) is 4. The molecule has 3 rings (SSSR count). The first-order valence-corrected chi connectivity index (χ1v) is 9.81. The van der Waals surface area contributed by atoms with Crippen LogP contribution < -0.4 is 10.2 Å². The number of halogens is 4. The van der Waals surface area contributed by atoms with Gasteiger partial charge in [-0.2, -0.15) is 13.2 Å². The van der Waals surface area contributed by atoms with Crippen LogP contribution in [0.3, 0.4) is 0 Å². The Bertz CT molecular complexity index is 881. The number of rotatable bonds is 3. The van der Waals surface area contributed by atoms with Gasteiger partial charge in [0, 0.05) is 37.0 Å². The maximum atomic E-state index is 12.8. The normalized spacial score (nSPS) is 15.5. The predicted octanol–water partition coefficient (Wildman–Crippen LogP) is 4.57. The summed E-state index contributed by atoms with van der Waals surface area (Å²) in [6.07, 6.45) is -2.42. The summed E-state index contributed by atoms with van der Waals surface area (Å²) < 4.78 is 38.8. The van der Waals surface area contributed by atoms with Gasteiger partial charge in [0.05, 0.1) is 9.13 Å². The van der Waals surface area contributed by atoms with Crippen LogP contribution in [0.1, 0.15) is 24.0 Å². The number of carbonyl (C=O) groups is 1. The number of piperidine rings is 1.